The van der Waals surface area contributed by atoms with Crippen LogP contribution in [0.4, 0.5) is 0 Å². The number of thiazole rings is 1. The van der Waals surface area contributed by atoms with Crippen LogP contribution in [0.25, 0.3) is 0 Å². The molecule has 0 radical (unpaired) electrons. The summed E-state index contributed by atoms with van der Waals surface area (Å²) < 4.78 is 2.25. The van der Waals surface area contributed by atoms with Crippen molar-refractivity contribution in [2.45, 2.75) is 39.1 Å². The third-order valence-electron chi connectivity index (χ3n) is 3.63. The molecule has 1 aromatic heterocycles. The maximum Gasteiger partial charge on any atom is 0.225 e. The Balaban J connectivity index is 2.03. The van der Waals surface area contributed by atoms with Crippen molar-refractivity contribution < 1.29 is 9.67 Å². The first kappa shape index (κ1) is 15.2. The van der Waals surface area contributed by atoms with Gasteiger partial charge in [0.05, 0.1) is 23.1 Å². The van der Waals surface area contributed by atoms with Crippen LogP contribution in [0.1, 0.15) is 17.5 Å². The van der Waals surface area contributed by atoms with Gasteiger partial charge in [-0.25, -0.2) is 4.84 Å². The van der Waals surface area contributed by atoms with Gasteiger partial charge < -0.3 is 10.4 Å². The standard InChI is InChI=1S/C12H22ClN4OS/c1-8-11(3-4-18)19-7-17(8)6-10-5-14-9(2)15-12(10)16-13/h7,9-10,12,14-16,18H,3-6H2,1-2H3/q+1. The number of rotatable bonds is 5. The molecule has 1 aromatic rings. The fraction of sp³-hybridized carbons (Fsp3) is 0.750. The molecule has 0 spiro atoms. The molecule has 1 fully saturated rings. The van der Waals surface area contributed by atoms with Crippen LogP contribution < -0.4 is 20.0 Å². The van der Waals surface area contributed by atoms with Crippen LogP contribution in [0, 0.1) is 12.8 Å². The van der Waals surface area contributed by atoms with E-state index in [-0.39, 0.29) is 18.9 Å². The highest BCUT2D eigenvalue weighted by Crippen LogP contribution is 2.14. The number of nitrogens with zero attached hydrogens (tertiary/aromatic N) is 1. The molecule has 5 nitrogen and oxygen atoms in total. The molecule has 3 atom stereocenters. The van der Waals surface area contributed by atoms with E-state index in [2.05, 4.69) is 39.4 Å². The third-order valence-corrected chi connectivity index (χ3v) is 5.01. The molecule has 7 heteroatoms. The fourth-order valence-electron chi connectivity index (χ4n) is 2.43. The van der Waals surface area contributed by atoms with Gasteiger partial charge in [-0.15, -0.1) is 0 Å². The van der Waals surface area contributed by atoms with Crippen LogP contribution in [0.2, 0.25) is 0 Å². The van der Waals surface area contributed by atoms with E-state index in [9.17, 15) is 0 Å². The molecule has 0 amide bonds. The lowest BCUT2D eigenvalue weighted by Crippen LogP contribution is -2.63. The maximum absolute atomic E-state index is 9.03. The summed E-state index contributed by atoms with van der Waals surface area (Å²) in [5.74, 6) is 0.383. The summed E-state index contributed by atoms with van der Waals surface area (Å²) >= 11 is 7.53. The average molecular weight is 306 g/mol. The molecule has 1 saturated heterocycles. The third kappa shape index (κ3) is 3.65. The first-order valence-corrected chi connectivity index (χ1v) is 7.84. The van der Waals surface area contributed by atoms with Gasteiger partial charge in [0, 0.05) is 26.5 Å². The highest BCUT2D eigenvalue weighted by atomic mass is 35.5. The zero-order valence-corrected chi connectivity index (χ0v) is 12.9. The monoisotopic (exact) mass is 305 g/mol. The van der Waals surface area contributed by atoms with Gasteiger partial charge in [-0.3, -0.25) is 5.32 Å². The molecular formula is C12H22ClN4OS+. The van der Waals surface area contributed by atoms with Crippen LogP contribution in [0.15, 0.2) is 5.51 Å². The number of nitrogens with one attached hydrogen (secondary N) is 3. The molecule has 2 rings (SSSR count). The zero-order valence-electron chi connectivity index (χ0n) is 11.3. The minimum absolute atomic E-state index is 0.103. The van der Waals surface area contributed by atoms with Gasteiger partial charge in [-0.05, 0) is 18.7 Å². The largest absolute Gasteiger partial charge is 0.396 e. The van der Waals surface area contributed by atoms with Gasteiger partial charge in [0.15, 0.2) is 12.2 Å². The molecule has 3 unspecified atom stereocenters. The molecule has 0 saturated carbocycles. The van der Waals surface area contributed by atoms with E-state index in [1.807, 2.05) is 0 Å². The van der Waals surface area contributed by atoms with Crippen LogP contribution in [-0.2, 0) is 13.0 Å². The Morgan fingerprint density at radius 2 is 2.42 bits per heavy atom. The van der Waals surface area contributed by atoms with E-state index in [1.165, 1.54) is 10.6 Å². The highest BCUT2D eigenvalue weighted by molar-refractivity contribution is 7.09. The SMILES string of the molecule is Cc1c(CCO)sc[n+]1CC1CNC(C)NC1NCl. The number of halogens is 1. The van der Waals surface area contributed by atoms with Gasteiger partial charge in [0.25, 0.3) is 0 Å². The Hall–Kier alpha value is -0.240. The van der Waals surface area contributed by atoms with Crippen molar-refractivity contribution in [1.29, 1.82) is 0 Å². The number of aromatic nitrogens is 1. The van der Waals surface area contributed by atoms with Crippen LogP contribution in [0.5, 0.6) is 0 Å². The van der Waals surface area contributed by atoms with Crippen molar-refractivity contribution in [3.05, 3.63) is 16.1 Å². The summed E-state index contributed by atoms with van der Waals surface area (Å²) in [5, 5.41) is 15.8. The van der Waals surface area contributed by atoms with E-state index < -0.39 is 0 Å². The highest BCUT2D eigenvalue weighted by Gasteiger charge is 2.31. The van der Waals surface area contributed by atoms with E-state index >= 15 is 0 Å². The summed E-state index contributed by atoms with van der Waals surface area (Å²) in [6.07, 6.45) is 1.11. The van der Waals surface area contributed by atoms with Gasteiger partial charge in [0.2, 0.25) is 5.51 Å². The van der Waals surface area contributed by atoms with Crippen molar-refractivity contribution in [2.75, 3.05) is 13.2 Å². The number of hydrogen-bond acceptors (Lipinski definition) is 5. The second-order valence-electron chi connectivity index (χ2n) is 5.00. The van der Waals surface area contributed by atoms with Crippen molar-refractivity contribution in [3.63, 3.8) is 0 Å². The van der Waals surface area contributed by atoms with Gasteiger partial charge >= 0.3 is 0 Å². The topological polar surface area (TPSA) is 60.2 Å². The Morgan fingerprint density at radius 3 is 3.11 bits per heavy atom. The molecule has 0 aliphatic carbocycles. The first-order valence-electron chi connectivity index (χ1n) is 6.58. The zero-order chi connectivity index (χ0) is 13.8. The van der Waals surface area contributed by atoms with Crippen molar-refractivity contribution in [1.82, 2.24) is 15.5 Å². The van der Waals surface area contributed by atoms with Crippen molar-refractivity contribution in [2.24, 2.45) is 5.92 Å². The number of aliphatic hydroxyl groups excluding tert-OH is 1. The maximum atomic E-state index is 9.03. The molecule has 1 aliphatic rings. The Kier molecular flexibility index (Phi) is 5.56. The molecule has 4 N–H and O–H groups in total. The number of hydrogen-bond donors (Lipinski definition) is 4. The van der Waals surface area contributed by atoms with Gasteiger partial charge in [0.1, 0.15) is 0 Å². The molecule has 1 aliphatic heterocycles. The lowest BCUT2D eigenvalue weighted by atomic mass is 10.0. The van der Waals surface area contributed by atoms with Gasteiger partial charge in [-0.2, -0.15) is 4.57 Å². The normalized spacial score (nSPS) is 27.7. The second kappa shape index (κ2) is 6.97. The van der Waals surface area contributed by atoms with E-state index in [1.54, 1.807) is 11.3 Å². The van der Waals surface area contributed by atoms with Crippen LogP contribution in [-0.4, -0.2) is 30.6 Å². The van der Waals surface area contributed by atoms with Gasteiger partial charge in [-0.1, -0.05) is 11.3 Å². The lowest BCUT2D eigenvalue weighted by molar-refractivity contribution is -0.705. The van der Waals surface area contributed by atoms with E-state index in [4.69, 9.17) is 16.9 Å². The fourth-order valence-corrected chi connectivity index (χ4v) is 3.66. The lowest BCUT2D eigenvalue weighted by Gasteiger charge is -2.34. The molecule has 19 heavy (non-hydrogen) atoms. The molecule has 2 heterocycles. The summed E-state index contributed by atoms with van der Waals surface area (Å²) in [4.78, 5) is 4.08. The molecule has 0 bridgehead atoms. The summed E-state index contributed by atoms with van der Waals surface area (Å²) in [6.45, 7) is 6.23. The Morgan fingerprint density at radius 1 is 1.63 bits per heavy atom. The smallest absolute Gasteiger partial charge is 0.225 e. The summed E-state index contributed by atoms with van der Waals surface area (Å²) in [7, 11) is 0. The van der Waals surface area contributed by atoms with E-state index in [0.717, 1.165) is 19.5 Å². The molecule has 0 aromatic carbocycles. The average Bonchev–Trinajstić information content (AvgIpc) is 2.74. The van der Waals surface area contributed by atoms with E-state index in [0.29, 0.717) is 5.92 Å². The predicted molar refractivity (Wildman–Crippen MR) is 76.9 cm³/mol. The minimum atomic E-state index is 0.103. The predicted octanol–water partition coefficient (Wildman–Crippen LogP) is 0.103. The summed E-state index contributed by atoms with van der Waals surface area (Å²) in [6, 6.07) is 0. The Labute approximate surface area is 123 Å². The minimum Gasteiger partial charge on any atom is -0.396 e. The number of aliphatic hydroxyl groups is 1. The molecule has 108 valence electrons. The van der Waals surface area contributed by atoms with Crippen molar-refractivity contribution in [3.8, 4) is 0 Å². The van der Waals surface area contributed by atoms with Crippen LogP contribution in [0.3, 0.4) is 0 Å². The van der Waals surface area contributed by atoms with Crippen LogP contribution >= 0.6 is 23.1 Å². The van der Waals surface area contributed by atoms with Crippen molar-refractivity contribution >= 4 is 23.1 Å². The Bertz CT molecular complexity index is 414. The molecular weight excluding hydrogens is 284 g/mol. The first-order chi connectivity index (χ1) is 9.15. The second-order valence-corrected chi connectivity index (χ2v) is 6.16. The summed E-state index contributed by atoms with van der Waals surface area (Å²) in [5.41, 5.74) is 3.37. The quantitative estimate of drug-likeness (QED) is 0.460.